The summed E-state index contributed by atoms with van der Waals surface area (Å²) in [5.41, 5.74) is 0. The lowest BCUT2D eigenvalue weighted by molar-refractivity contribution is -0.140. The number of carbonyl (C=O) groups is 2. The van der Waals surface area contributed by atoms with Crippen LogP contribution in [0.2, 0.25) is 0 Å². The first-order valence-electron chi connectivity index (χ1n) is 7.34. The molecule has 0 N–H and O–H groups in total. The Kier molecular flexibility index (Phi) is 5.83. The van der Waals surface area contributed by atoms with Gasteiger partial charge in [0.25, 0.3) is 5.91 Å². The van der Waals surface area contributed by atoms with Crippen molar-refractivity contribution in [3.63, 3.8) is 0 Å². The molecule has 0 aliphatic carbocycles. The number of carbonyl (C=O) groups excluding carboxylic acids is 2. The average Bonchev–Trinajstić information content (AvgIpc) is 2.53. The maximum Gasteiger partial charge on any atom is 0.260 e. The highest BCUT2D eigenvalue weighted by Crippen LogP contribution is 2.20. The molecule has 1 aliphatic heterocycles. The van der Waals surface area contributed by atoms with Gasteiger partial charge in [0, 0.05) is 37.6 Å². The predicted octanol–water partition coefficient (Wildman–Crippen LogP) is 2.15. The first-order chi connectivity index (χ1) is 10.5. The Labute approximate surface area is 139 Å². The van der Waals surface area contributed by atoms with Crippen molar-refractivity contribution < 1.29 is 14.3 Å². The summed E-state index contributed by atoms with van der Waals surface area (Å²) in [6, 6.07) is 7.38. The molecule has 120 valence electrons. The molecule has 0 bridgehead atoms. The van der Waals surface area contributed by atoms with Crippen molar-refractivity contribution in [3.8, 4) is 5.75 Å². The quantitative estimate of drug-likeness (QED) is 0.817. The van der Waals surface area contributed by atoms with Gasteiger partial charge in [0.2, 0.25) is 5.91 Å². The Bertz CT molecular complexity index is 523. The van der Waals surface area contributed by atoms with Gasteiger partial charge in [0.15, 0.2) is 6.61 Å². The molecule has 0 spiro atoms. The van der Waals surface area contributed by atoms with Gasteiger partial charge < -0.3 is 14.5 Å². The molecular weight excluding hydrogens is 348 g/mol. The van der Waals surface area contributed by atoms with E-state index in [2.05, 4.69) is 15.9 Å². The molecule has 1 aromatic rings. The molecule has 0 atom stereocenters. The van der Waals surface area contributed by atoms with Crippen LogP contribution in [-0.2, 0) is 9.59 Å². The van der Waals surface area contributed by atoms with Crippen LogP contribution < -0.4 is 4.74 Å². The Morgan fingerprint density at radius 2 is 1.82 bits per heavy atom. The van der Waals surface area contributed by atoms with Crippen LogP contribution in [-0.4, -0.2) is 55.4 Å². The SMILES string of the molecule is CN(C)C(=O)C1CCN(C(=O)COc2ccc(Br)cc2)CC1. The summed E-state index contributed by atoms with van der Waals surface area (Å²) in [7, 11) is 3.54. The van der Waals surface area contributed by atoms with Crippen LogP contribution in [0.4, 0.5) is 0 Å². The van der Waals surface area contributed by atoms with Crippen molar-refractivity contribution >= 4 is 27.7 Å². The number of halogens is 1. The lowest BCUT2D eigenvalue weighted by atomic mass is 9.95. The molecule has 0 radical (unpaired) electrons. The Morgan fingerprint density at radius 1 is 1.23 bits per heavy atom. The van der Waals surface area contributed by atoms with Crippen molar-refractivity contribution in [3.05, 3.63) is 28.7 Å². The number of hydrogen-bond donors (Lipinski definition) is 0. The first-order valence-corrected chi connectivity index (χ1v) is 8.14. The minimum Gasteiger partial charge on any atom is -0.484 e. The summed E-state index contributed by atoms with van der Waals surface area (Å²) in [5, 5.41) is 0. The highest BCUT2D eigenvalue weighted by atomic mass is 79.9. The highest BCUT2D eigenvalue weighted by molar-refractivity contribution is 9.10. The van der Waals surface area contributed by atoms with E-state index in [-0.39, 0.29) is 24.3 Å². The molecule has 1 heterocycles. The number of rotatable bonds is 4. The minimum atomic E-state index is -0.0290. The molecule has 22 heavy (non-hydrogen) atoms. The fraction of sp³-hybridized carbons (Fsp3) is 0.500. The van der Waals surface area contributed by atoms with E-state index in [9.17, 15) is 9.59 Å². The van der Waals surface area contributed by atoms with Crippen LogP contribution in [0.25, 0.3) is 0 Å². The van der Waals surface area contributed by atoms with Crippen molar-refractivity contribution in [1.29, 1.82) is 0 Å². The third-order valence-electron chi connectivity index (χ3n) is 3.81. The summed E-state index contributed by atoms with van der Waals surface area (Å²) in [6.45, 7) is 1.27. The van der Waals surface area contributed by atoms with E-state index in [4.69, 9.17) is 4.74 Å². The van der Waals surface area contributed by atoms with E-state index in [0.717, 1.165) is 17.3 Å². The van der Waals surface area contributed by atoms with Gasteiger partial charge in [-0.15, -0.1) is 0 Å². The molecular formula is C16H21BrN2O3. The van der Waals surface area contributed by atoms with E-state index in [1.807, 2.05) is 24.3 Å². The monoisotopic (exact) mass is 368 g/mol. The molecule has 1 aliphatic rings. The van der Waals surface area contributed by atoms with Gasteiger partial charge in [0.1, 0.15) is 5.75 Å². The molecule has 0 aromatic heterocycles. The van der Waals surface area contributed by atoms with E-state index in [1.165, 1.54) is 0 Å². The largest absolute Gasteiger partial charge is 0.484 e. The fourth-order valence-corrected chi connectivity index (χ4v) is 2.77. The van der Waals surface area contributed by atoms with Crippen molar-refractivity contribution in [2.45, 2.75) is 12.8 Å². The van der Waals surface area contributed by atoms with E-state index >= 15 is 0 Å². The first kappa shape index (κ1) is 16.8. The van der Waals surface area contributed by atoms with Gasteiger partial charge >= 0.3 is 0 Å². The lowest BCUT2D eigenvalue weighted by Gasteiger charge is -2.32. The smallest absolute Gasteiger partial charge is 0.260 e. The molecule has 1 saturated heterocycles. The maximum atomic E-state index is 12.1. The van der Waals surface area contributed by atoms with Crippen LogP contribution in [0.1, 0.15) is 12.8 Å². The summed E-state index contributed by atoms with van der Waals surface area (Å²) in [4.78, 5) is 27.5. The molecule has 2 rings (SSSR count). The minimum absolute atomic E-state index is 0.0290. The van der Waals surface area contributed by atoms with Gasteiger partial charge in [0.05, 0.1) is 0 Å². The van der Waals surface area contributed by atoms with Gasteiger partial charge in [-0.3, -0.25) is 9.59 Å². The van der Waals surface area contributed by atoms with Gasteiger partial charge in [-0.2, -0.15) is 0 Å². The summed E-state index contributed by atoms with van der Waals surface area (Å²) in [5.74, 6) is 0.831. The predicted molar refractivity (Wildman–Crippen MR) is 87.6 cm³/mol. The number of ether oxygens (including phenoxy) is 1. The highest BCUT2D eigenvalue weighted by Gasteiger charge is 2.28. The summed E-state index contributed by atoms with van der Waals surface area (Å²) in [6.07, 6.45) is 1.45. The standard InChI is InChI=1S/C16H21BrN2O3/c1-18(2)16(21)12-7-9-19(10-8-12)15(20)11-22-14-5-3-13(17)4-6-14/h3-6,12H,7-11H2,1-2H3. The van der Waals surface area contributed by atoms with Crippen LogP contribution in [0.3, 0.4) is 0 Å². The zero-order chi connectivity index (χ0) is 16.1. The second-order valence-electron chi connectivity index (χ2n) is 5.63. The second-order valence-corrected chi connectivity index (χ2v) is 6.55. The van der Waals surface area contributed by atoms with Crippen LogP contribution in [0, 0.1) is 5.92 Å². The van der Waals surface area contributed by atoms with E-state index in [0.29, 0.717) is 18.8 Å². The van der Waals surface area contributed by atoms with Crippen molar-refractivity contribution in [1.82, 2.24) is 9.80 Å². The van der Waals surface area contributed by atoms with Gasteiger partial charge in [-0.05, 0) is 37.1 Å². The molecule has 6 heteroatoms. The molecule has 0 saturated carbocycles. The van der Waals surface area contributed by atoms with Crippen LogP contribution >= 0.6 is 15.9 Å². The summed E-state index contributed by atoms with van der Waals surface area (Å²) < 4.78 is 6.47. The van der Waals surface area contributed by atoms with E-state index in [1.54, 1.807) is 23.9 Å². The molecule has 1 fully saturated rings. The molecule has 5 nitrogen and oxygen atoms in total. The molecule has 1 aromatic carbocycles. The fourth-order valence-electron chi connectivity index (χ4n) is 2.51. The van der Waals surface area contributed by atoms with Crippen molar-refractivity contribution in [2.24, 2.45) is 5.92 Å². The molecule has 2 amide bonds. The second kappa shape index (κ2) is 7.63. The van der Waals surface area contributed by atoms with Gasteiger partial charge in [-0.1, -0.05) is 15.9 Å². The number of hydrogen-bond acceptors (Lipinski definition) is 3. The summed E-state index contributed by atoms with van der Waals surface area (Å²) >= 11 is 3.35. The number of nitrogens with zero attached hydrogens (tertiary/aromatic N) is 2. The molecule has 0 unspecified atom stereocenters. The Balaban J connectivity index is 1.77. The van der Waals surface area contributed by atoms with E-state index < -0.39 is 0 Å². The number of likely N-dealkylation sites (tertiary alicyclic amines) is 1. The zero-order valence-electron chi connectivity index (χ0n) is 12.9. The van der Waals surface area contributed by atoms with Crippen molar-refractivity contribution in [2.75, 3.05) is 33.8 Å². The zero-order valence-corrected chi connectivity index (χ0v) is 14.5. The normalized spacial score (nSPS) is 15.5. The number of benzene rings is 1. The topological polar surface area (TPSA) is 49.9 Å². The van der Waals surface area contributed by atoms with Gasteiger partial charge in [-0.25, -0.2) is 0 Å². The Morgan fingerprint density at radius 3 is 2.36 bits per heavy atom. The number of piperidine rings is 1. The Hall–Kier alpha value is -1.56. The van der Waals surface area contributed by atoms with Crippen LogP contribution in [0.5, 0.6) is 5.75 Å². The average molecular weight is 369 g/mol. The lowest BCUT2D eigenvalue weighted by Crippen LogP contribution is -2.44. The third-order valence-corrected chi connectivity index (χ3v) is 4.34. The van der Waals surface area contributed by atoms with Crippen LogP contribution in [0.15, 0.2) is 28.7 Å². The maximum absolute atomic E-state index is 12.1. The third kappa shape index (κ3) is 4.47. The number of amides is 2.